The number of ketones is 2. The Morgan fingerprint density at radius 1 is 1.00 bits per heavy atom. The van der Waals surface area contributed by atoms with E-state index in [1.165, 1.54) is 35.1 Å². The van der Waals surface area contributed by atoms with Crippen molar-refractivity contribution in [1.29, 1.82) is 0 Å². The molecule has 0 saturated heterocycles. The van der Waals surface area contributed by atoms with Gasteiger partial charge >= 0.3 is 0 Å². The van der Waals surface area contributed by atoms with E-state index in [0.717, 1.165) is 25.7 Å². The van der Waals surface area contributed by atoms with E-state index in [1.807, 2.05) is 12.2 Å². The van der Waals surface area contributed by atoms with Crippen molar-refractivity contribution in [3.05, 3.63) is 58.7 Å². The van der Waals surface area contributed by atoms with E-state index >= 15 is 0 Å². The Kier molecular flexibility index (Phi) is 2.41. The second-order valence-corrected chi connectivity index (χ2v) is 9.75. The second kappa shape index (κ2) is 4.13. The van der Waals surface area contributed by atoms with Crippen molar-refractivity contribution in [2.45, 2.75) is 52.4 Å². The smallest absolute Gasteiger partial charge is 0.178 e. The van der Waals surface area contributed by atoms with Gasteiger partial charge in [-0.3, -0.25) is 9.59 Å². The highest BCUT2D eigenvalue weighted by molar-refractivity contribution is 6.04. The third-order valence-corrected chi connectivity index (χ3v) is 8.62. The van der Waals surface area contributed by atoms with Crippen molar-refractivity contribution in [3.63, 3.8) is 0 Å². The molecule has 3 unspecified atom stereocenters. The molecule has 0 amide bonds. The minimum absolute atomic E-state index is 0.0376. The molecule has 132 valence electrons. The van der Waals surface area contributed by atoms with Crippen LogP contribution in [0.5, 0.6) is 0 Å². The van der Waals surface area contributed by atoms with Gasteiger partial charge in [0.15, 0.2) is 11.6 Å². The van der Waals surface area contributed by atoms with Gasteiger partial charge in [0.05, 0.1) is 5.41 Å². The molecule has 1 saturated carbocycles. The van der Waals surface area contributed by atoms with Crippen LogP contribution < -0.4 is 0 Å². The minimum atomic E-state index is -0.312. The topological polar surface area (TPSA) is 34.1 Å². The summed E-state index contributed by atoms with van der Waals surface area (Å²) in [5.74, 6) is 0.462. The first kappa shape index (κ1) is 15.1. The van der Waals surface area contributed by atoms with Crippen LogP contribution in [0, 0.1) is 21.7 Å². The van der Waals surface area contributed by atoms with Crippen molar-refractivity contribution in [3.8, 4) is 0 Å². The van der Waals surface area contributed by atoms with Gasteiger partial charge in [-0.2, -0.15) is 0 Å². The van der Waals surface area contributed by atoms with Crippen LogP contribution in [-0.4, -0.2) is 11.6 Å². The van der Waals surface area contributed by atoms with Crippen LogP contribution in [0.4, 0.5) is 0 Å². The molecule has 1 fully saturated rings. The molecule has 0 aromatic rings. The zero-order valence-corrected chi connectivity index (χ0v) is 15.5. The Balaban J connectivity index is 1.59. The molecule has 0 aliphatic heterocycles. The summed E-state index contributed by atoms with van der Waals surface area (Å²) < 4.78 is 0. The van der Waals surface area contributed by atoms with Gasteiger partial charge in [0.2, 0.25) is 0 Å². The lowest BCUT2D eigenvalue weighted by Crippen LogP contribution is -2.45. The summed E-state index contributed by atoms with van der Waals surface area (Å²) in [4.78, 5) is 25.2. The average molecular weight is 344 g/mol. The lowest BCUT2D eigenvalue weighted by molar-refractivity contribution is -0.124. The predicted molar refractivity (Wildman–Crippen MR) is 100 cm³/mol. The first-order valence-electron chi connectivity index (χ1n) is 9.98. The van der Waals surface area contributed by atoms with E-state index in [-0.39, 0.29) is 27.4 Å². The summed E-state index contributed by atoms with van der Waals surface area (Å²) in [5, 5.41) is 0. The zero-order chi connectivity index (χ0) is 17.9. The van der Waals surface area contributed by atoms with Crippen molar-refractivity contribution >= 4 is 11.6 Å². The van der Waals surface area contributed by atoms with Crippen molar-refractivity contribution in [2.75, 3.05) is 0 Å². The molecule has 0 heterocycles. The van der Waals surface area contributed by atoms with Gasteiger partial charge in [0, 0.05) is 10.8 Å². The number of hydrogen-bond donors (Lipinski definition) is 0. The normalized spacial score (nSPS) is 43.8. The number of carbonyl (C=O) groups is 2. The Labute approximate surface area is 154 Å². The highest BCUT2D eigenvalue weighted by Crippen LogP contribution is 2.73. The molecule has 26 heavy (non-hydrogen) atoms. The van der Waals surface area contributed by atoms with Gasteiger partial charge in [-0.25, -0.2) is 0 Å². The summed E-state index contributed by atoms with van der Waals surface area (Å²) in [7, 11) is 0. The largest absolute Gasteiger partial charge is 0.294 e. The quantitative estimate of drug-likeness (QED) is 0.633. The first-order chi connectivity index (χ1) is 12.3. The maximum atomic E-state index is 13.1. The van der Waals surface area contributed by atoms with Crippen LogP contribution >= 0.6 is 0 Å². The summed E-state index contributed by atoms with van der Waals surface area (Å²) in [5.41, 5.74) is 5.32. The number of allylic oxidation sites excluding steroid dienone is 10. The number of carbonyl (C=O) groups excluding carboxylic acids is 2. The van der Waals surface area contributed by atoms with E-state index in [9.17, 15) is 9.59 Å². The van der Waals surface area contributed by atoms with Gasteiger partial charge in [-0.05, 0) is 85.8 Å². The molecule has 6 aliphatic rings. The molecular weight excluding hydrogens is 320 g/mol. The third kappa shape index (κ3) is 1.41. The third-order valence-electron chi connectivity index (χ3n) is 8.62. The highest BCUT2D eigenvalue weighted by Gasteiger charge is 2.65. The molecule has 6 rings (SSSR count). The molecule has 0 radical (unpaired) electrons. The van der Waals surface area contributed by atoms with Crippen LogP contribution in [0.3, 0.4) is 0 Å². The fourth-order valence-electron chi connectivity index (χ4n) is 7.00. The van der Waals surface area contributed by atoms with Crippen LogP contribution in [0.15, 0.2) is 58.7 Å². The Morgan fingerprint density at radius 3 is 2.58 bits per heavy atom. The predicted octanol–water partition coefficient (Wildman–Crippen LogP) is 4.79. The maximum Gasteiger partial charge on any atom is 0.178 e. The number of hydrogen-bond acceptors (Lipinski definition) is 2. The summed E-state index contributed by atoms with van der Waals surface area (Å²) in [6.45, 7) is 4.57. The van der Waals surface area contributed by atoms with Crippen LogP contribution in [0.2, 0.25) is 0 Å². The molecule has 2 heteroatoms. The molecular formula is C24H24O2. The molecule has 0 bridgehead atoms. The molecule has 6 aliphatic carbocycles. The van der Waals surface area contributed by atoms with E-state index < -0.39 is 0 Å². The number of fused-ring (bicyclic) bond motifs is 4. The number of rotatable bonds is 0. The molecule has 0 aromatic carbocycles. The lowest BCUT2D eigenvalue weighted by Gasteiger charge is -2.51. The van der Waals surface area contributed by atoms with E-state index in [4.69, 9.17) is 0 Å². The highest BCUT2D eigenvalue weighted by atomic mass is 16.1. The van der Waals surface area contributed by atoms with Crippen LogP contribution in [0.25, 0.3) is 0 Å². The minimum Gasteiger partial charge on any atom is -0.294 e. The van der Waals surface area contributed by atoms with E-state index in [1.54, 1.807) is 6.08 Å². The van der Waals surface area contributed by atoms with Crippen LogP contribution in [0.1, 0.15) is 52.4 Å². The molecule has 2 spiro atoms. The zero-order valence-electron chi connectivity index (χ0n) is 15.5. The van der Waals surface area contributed by atoms with Gasteiger partial charge in [0.25, 0.3) is 0 Å². The second-order valence-electron chi connectivity index (χ2n) is 9.75. The van der Waals surface area contributed by atoms with Crippen molar-refractivity contribution < 1.29 is 9.59 Å². The fourth-order valence-corrected chi connectivity index (χ4v) is 7.00. The molecule has 0 aromatic heterocycles. The SMILES string of the molecule is CC12C=CC(=O)C=C1C1(CC1)CC1=C2CCC23C(=O)C=CC2(C)CC=C13. The summed E-state index contributed by atoms with van der Waals surface area (Å²) >= 11 is 0. The van der Waals surface area contributed by atoms with Crippen LogP contribution in [-0.2, 0) is 9.59 Å². The Morgan fingerprint density at radius 2 is 1.81 bits per heavy atom. The first-order valence-corrected chi connectivity index (χ1v) is 9.98. The van der Waals surface area contributed by atoms with Crippen molar-refractivity contribution in [2.24, 2.45) is 21.7 Å². The average Bonchev–Trinajstić information content (AvgIpc) is 3.25. The molecule has 0 N–H and O–H groups in total. The van der Waals surface area contributed by atoms with E-state index in [0.29, 0.717) is 5.78 Å². The van der Waals surface area contributed by atoms with Crippen molar-refractivity contribution in [1.82, 2.24) is 0 Å². The maximum absolute atomic E-state index is 13.1. The fraction of sp³-hybridized carbons (Fsp3) is 0.500. The van der Waals surface area contributed by atoms with Gasteiger partial charge in [-0.1, -0.05) is 30.7 Å². The van der Waals surface area contributed by atoms with Gasteiger partial charge < -0.3 is 0 Å². The lowest BCUT2D eigenvalue weighted by atomic mass is 9.51. The summed E-state index contributed by atoms with van der Waals surface area (Å²) in [6.07, 6.45) is 18.5. The van der Waals surface area contributed by atoms with Gasteiger partial charge in [0.1, 0.15) is 0 Å². The van der Waals surface area contributed by atoms with Gasteiger partial charge in [-0.15, -0.1) is 0 Å². The molecule has 3 atom stereocenters. The molecule has 2 nitrogen and oxygen atoms in total. The summed E-state index contributed by atoms with van der Waals surface area (Å²) in [6, 6.07) is 0. The standard InChI is InChI=1S/C24H24O2/c1-21-7-4-18-16-14-23(11-12-23)19-13-15(25)3-9-22(19,2)17(16)5-10-24(18,21)20(26)6-8-21/h3-4,6,8-9,13H,5,7,10-12,14H2,1-2H3. The Hall–Kier alpha value is -1.96. The monoisotopic (exact) mass is 344 g/mol. The Bertz CT molecular complexity index is 964. The van der Waals surface area contributed by atoms with E-state index in [2.05, 4.69) is 32.1 Å².